The molecule has 0 saturated carbocycles. The van der Waals surface area contributed by atoms with E-state index in [1.54, 1.807) is 26.0 Å². The normalized spacial score (nSPS) is 12.9. The molecule has 130 valence electrons. The molecule has 1 atom stereocenters. The average molecular weight is 392 g/mol. The summed E-state index contributed by atoms with van der Waals surface area (Å²) in [6.07, 6.45) is 0. The van der Waals surface area contributed by atoms with Crippen LogP contribution in [0.1, 0.15) is 24.1 Å². The number of benzene rings is 2. The Morgan fingerprint density at radius 1 is 1.17 bits per heavy atom. The van der Waals surface area contributed by atoms with Gasteiger partial charge in [0.25, 0.3) is 0 Å². The van der Waals surface area contributed by atoms with Crippen LogP contribution in [0.25, 0.3) is 0 Å². The summed E-state index contributed by atoms with van der Waals surface area (Å²) in [5.74, 6) is -0.455. The van der Waals surface area contributed by atoms with E-state index in [0.717, 1.165) is 11.6 Å². The van der Waals surface area contributed by atoms with Crippen molar-refractivity contribution < 1.29 is 17.5 Å². The van der Waals surface area contributed by atoms with Crippen molar-refractivity contribution >= 4 is 33.2 Å². The fourth-order valence-electron chi connectivity index (χ4n) is 2.22. The summed E-state index contributed by atoms with van der Waals surface area (Å²) in [5, 5.41) is 0.0481. The summed E-state index contributed by atoms with van der Waals surface area (Å²) in [7, 11) is -2.51. The minimum Gasteiger partial charge on any atom is -0.495 e. The number of halogens is 3. The topological polar surface area (TPSA) is 55.4 Å². The Kier molecular flexibility index (Phi) is 5.75. The Balaban J connectivity index is 2.39. The second-order valence-electron chi connectivity index (χ2n) is 5.29. The van der Waals surface area contributed by atoms with E-state index in [1.807, 2.05) is 0 Å². The molecule has 24 heavy (non-hydrogen) atoms. The van der Waals surface area contributed by atoms with Crippen molar-refractivity contribution in [3.63, 3.8) is 0 Å². The van der Waals surface area contributed by atoms with Gasteiger partial charge < -0.3 is 4.74 Å². The highest BCUT2D eigenvalue weighted by Gasteiger charge is 2.24. The van der Waals surface area contributed by atoms with Crippen LogP contribution in [0, 0.1) is 12.7 Å². The smallest absolute Gasteiger partial charge is 0.244 e. The van der Waals surface area contributed by atoms with Crippen LogP contribution in [0.3, 0.4) is 0 Å². The number of methoxy groups -OCH3 is 1. The van der Waals surface area contributed by atoms with Gasteiger partial charge in [0.1, 0.15) is 16.5 Å². The maximum absolute atomic E-state index is 13.7. The Hall–Kier alpha value is -1.34. The second kappa shape index (κ2) is 7.27. The lowest BCUT2D eigenvalue weighted by molar-refractivity contribution is 0.402. The molecular weight excluding hydrogens is 376 g/mol. The summed E-state index contributed by atoms with van der Waals surface area (Å²) in [5.41, 5.74) is 1.05. The molecule has 0 amide bonds. The third-order valence-electron chi connectivity index (χ3n) is 3.45. The van der Waals surface area contributed by atoms with Crippen molar-refractivity contribution in [2.45, 2.75) is 24.8 Å². The molecular formula is C16H16Cl2FNO3S. The zero-order valence-corrected chi connectivity index (χ0v) is 15.6. The van der Waals surface area contributed by atoms with Gasteiger partial charge in [-0.1, -0.05) is 29.3 Å². The Labute approximate surface area is 150 Å². The summed E-state index contributed by atoms with van der Waals surface area (Å²) in [6.45, 7) is 3.34. The quantitative estimate of drug-likeness (QED) is 0.763. The minimum atomic E-state index is -3.90. The lowest BCUT2D eigenvalue weighted by Crippen LogP contribution is -2.27. The van der Waals surface area contributed by atoms with E-state index in [0.29, 0.717) is 0 Å². The molecule has 0 fully saturated rings. The molecule has 0 aliphatic rings. The van der Waals surface area contributed by atoms with Gasteiger partial charge in [0, 0.05) is 11.1 Å². The Morgan fingerprint density at radius 3 is 2.46 bits per heavy atom. The lowest BCUT2D eigenvalue weighted by Gasteiger charge is -2.18. The Bertz CT molecular complexity index is 872. The van der Waals surface area contributed by atoms with E-state index in [-0.39, 0.29) is 26.3 Å². The van der Waals surface area contributed by atoms with Crippen molar-refractivity contribution in [2.75, 3.05) is 7.11 Å². The van der Waals surface area contributed by atoms with E-state index >= 15 is 0 Å². The predicted octanol–water partition coefficient (Wildman–Crippen LogP) is 4.49. The van der Waals surface area contributed by atoms with Crippen LogP contribution in [-0.4, -0.2) is 15.5 Å². The third-order valence-corrected chi connectivity index (χ3v) is 5.63. The van der Waals surface area contributed by atoms with Crippen LogP contribution in [0.2, 0.25) is 10.0 Å². The molecule has 0 saturated heterocycles. The van der Waals surface area contributed by atoms with Gasteiger partial charge in [0.2, 0.25) is 10.0 Å². The third kappa shape index (κ3) is 4.00. The van der Waals surface area contributed by atoms with E-state index in [4.69, 9.17) is 27.9 Å². The van der Waals surface area contributed by atoms with Crippen LogP contribution < -0.4 is 9.46 Å². The Morgan fingerprint density at radius 2 is 1.83 bits per heavy atom. The first-order chi connectivity index (χ1) is 11.2. The average Bonchev–Trinajstić information content (AvgIpc) is 2.50. The maximum atomic E-state index is 13.7. The zero-order valence-electron chi connectivity index (χ0n) is 13.2. The van der Waals surface area contributed by atoms with Crippen molar-refractivity contribution in [1.29, 1.82) is 0 Å². The molecule has 2 aromatic rings. The lowest BCUT2D eigenvalue weighted by atomic mass is 10.1. The highest BCUT2D eigenvalue weighted by atomic mass is 35.5. The summed E-state index contributed by atoms with van der Waals surface area (Å²) in [4.78, 5) is 0.00223. The van der Waals surface area contributed by atoms with Gasteiger partial charge in [-0.2, -0.15) is 0 Å². The molecule has 0 bridgehead atoms. The predicted molar refractivity (Wildman–Crippen MR) is 92.9 cm³/mol. The minimum absolute atomic E-state index is 0.00223. The molecule has 2 rings (SSSR count). The number of hydrogen-bond donors (Lipinski definition) is 1. The largest absolute Gasteiger partial charge is 0.495 e. The number of nitrogens with one attached hydrogen (secondary N) is 1. The van der Waals surface area contributed by atoms with E-state index in [9.17, 15) is 12.8 Å². The van der Waals surface area contributed by atoms with Crippen molar-refractivity contribution in [2.24, 2.45) is 0 Å². The first kappa shape index (κ1) is 19.0. The van der Waals surface area contributed by atoms with Gasteiger partial charge in [0.05, 0.1) is 12.1 Å². The standard InChI is InChI=1S/C16H16Cl2FNO3S/c1-9-4-5-15(23-3)16(6-9)24(21,22)20-10(2)11-7-14(19)13(18)8-12(11)17/h4-8,10,20H,1-3H3/t10-/m1/s1. The molecule has 4 nitrogen and oxygen atoms in total. The van der Waals surface area contributed by atoms with Gasteiger partial charge in [-0.15, -0.1) is 0 Å². The van der Waals surface area contributed by atoms with Gasteiger partial charge in [-0.3, -0.25) is 0 Å². The van der Waals surface area contributed by atoms with Crippen LogP contribution in [0.4, 0.5) is 4.39 Å². The monoisotopic (exact) mass is 391 g/mol. The molecule has 0 aromatic heterocycles. The molecule has 8 heteroatoms. The van der Waals surface area contributed by atoms with Crippen molar-refractivity contribution in [3.05, 3.63) is 57.3 Å². The fourth-order valence-corrected chi connectivity index (χ4v) is 4.25. The molecule has 0 aliphatic carbocycles. The number of sulfonamides is 1. The number of ether oxygens (including phenoxy) is 1. The zero-order chi connectivity index (χ0) is 18.1. The molecule has 1 N–H and O–H groups in total. The van der Waals surface area contributed by atoms with Gasteiger partial charge >= 0.3 is 0 Å². The van der Waals surface area contributed by atoms with Crippen LogP contribution in [0.15, 0.2) is 35.2 Å². The van der Waals surface area contributed by atoms with Gasteiger partial charge in [0.15, 0.2) is 0 Å². The first-order valence-corrected chi connectivity index (χ1v) is 9.21. The molecule has 0 unspecified atom stereocenters. The molecule has 0 aliphatic heterocycles. The van der Waals surface area contributed by atoms with Crippen LogP contribution in [-0.2, 0) is 10.0 Å². The summed E-state index contributed by atoms with van der Waals surface area (Å²) < 4.78 is 46.6. The number of rotatable bonds is 5. The number of aryl methyl sites for hydroxylation is 1. The number of hydrogen-bond acceptors (Lipinski definition) is 3. The SMILES string of the molecule is COc1ccc(C)cc1S(=O)(=O)N[C@H](C)c1cc(F)c(Cl)cc1Cl. The summed E-state index contributed by atoms with van der Waals surface area (Å²) in [6, 6.07) is 6.41. The van der Waals surface area contributed by atoms with Crippen molar-refractivity contribution in [1.82, 2.24) is 4.72 Å². The van der Waals surface area contributed by atoms with Crippen LogP contribution in [0.5, 0.6) is 5.75 Å². The van der Waals surface area contributed by atoms with E-state index < -0.39 is 21.9 Å². The van der Waals surface area contributed by atoms with Gasteiger partial charge in [-0.05, 0) is 49.2 Å². The molecule has 0 heterocycles. The molecule has 2 aromatic carbocycles. The van der Waals surface area contributed by atoms with E-state index in [1.165, 1.54) is 19.2 Å². The van der Waals surface area contributed by atoms with Gasteiger partial charge in [-0.25, -0.2) is 17.5 Å². The molecule has 0 radical (unpaired) electrons. The molecule has 0 spiro atoms. The fraction of sp³-hybridized carbons (Fsp3) is 0.250. The van der Waals surface area contributed by atoms with Crippen molar-refractivity contribution in [3.8, 4) is 5.75 Å². The maximum Gasteiger partial charge on any atom is 0.244 e. The highest BCUT2D eigenvalue weighted by molar-refractivity contribution is 7.89. The van der Waals surface area contributed by atoms with E-state index in [2.05, 4.69) is 4.72 Å². The highest BCUT2D eigenvalue weighted by Crippen LogP contribution is 2.31. The first-order valence-electron chi connectivity index (χ1n) is 6.97. The van der Waals surface area contributed by atoms with Crippen LogP contribution >= 0.6 is 23.2 Å². The summed E-state index contributed by atoms with van der Waals surface area (Å²) >= 11 is 11.7. The second-order valence-corrected chi connectivity index (χ2v) is 7.78.